The van der Waals surface area contributed by atoms with Gasteiger partial charge in [-0.3, -0.25) is 0 Å². The quantitative estimate of drug-likeness (QED) is 0.580. The first kappa shape index (κ1) is 13.6. The number of aromatic nitrogens is 4. The van der Waals surface area contributed by atoms with Crippen LogP contribution in [0.25, 0.3) is 22.4 Å². The normalized spacial score (nSPS) is 10.8. The van der Waals surface area contributed by atoms with Crippen molar-refractivity contribution in [3.63, 3.8) is 0 Å². The van der Waals surface area contributed by atoms with Gasteiger partial charge in [0.05, 0.1) is 0 Å². The van der Waals surface area contributed by atoms with E-state index in [0.29, 0.717) is 16.3 Å². The van der Waals surface area contributed by atoms with Crippen molar-refractivity contribution in [2.45, 2.75) is 19.0 Å². The van der Waals surface area contributed by atoms with Crippen LogP contribution in [0.15, 0.2) is 23.4 Å². The van der Waals surface area contributed by atoms with E-state index in [1.807, 2.05) is 18.4 Å². The lowest BCUT2D eigenvalue weighted by molar-refractivity contribution is 1.00. The molecule has 0 bridgehead atoms. The van der Waals surface area contributed by atoms with Crippen molar-refractivity contribution in [3.8, 4) is 17.3 Å². The Morgan fingerprint density at radius 3 is 2.67 bits per heavy atom. The molecule has 3 aromatic rings. The van der Waals surface area contributed by atoms with Gasteiger partial charge in [0, 0.05) is 5.56 Å². The van der Waals surface area contributed by atoms with Crippen LogP contribution in [0.5, 0.6) is 0 Å². The highest BCUT2D eigenvalue weighted by atomic mass is 32.2. The minimum absolute atomic E-state index is 0.253. The molecule has 21 heavy (non-hydrogen) atoms. The predicted octanol–water partition coefficient (Wildman–Crippen LogP) is 3.23. The number of hydrogen-bond donors (Lipinski definition) is 1. The molecule has 0 saturated heterocycles. The molecule has 0 radical (unpaired) electrons. The zero-order valence-corrected chi connectivity index (χ0v) is 12.7. The summed E-state index contributed by atoms with van der Waals surface area (Å²) in [4.78, 5) is 16.1. The van der Waals surface area contributed by atoms with E-state index in [9.17, 15) is 0 Å². The minimum atomic E-state index is 0.253. The van der Waals surface area contributed by atoms with Crippen molar-refractivity contribution in [1.29, 1.82) is 5.26 Å². The topological polar surface area (TPSA) is 78.2 Å². The molecule has 0 aliphatic heterocycles. The zero-order valence-electron chi connectivity index (χ0n) is 11.9. The lowest BCUT2D eigenvalue weighted by Gasteiger charge is -2.08. The van der Waals surface area contributed by atoms with Crippen molar-refractivity contribution in [1.82, 2.24) is 19.9 Å². The zero-order chi connectivity index (χ0) is 15.0. The maximum Gasteiger partial charge on any atom is 0.212 e. The third-order valence-corrected chi connectivity index (χ3v) is 3.80. The van der Waals surface area contributed by atoms with Crippen LogP contribution >= 0.6 is 11.8 Å². The highest BCUT2D eigenvalue weighted by Gasteiger charge is 2.15. The molecule has 104 valence electrons. The molecule has 1 aromatic carbocycles. The van der Waals surface area contributed by atoms with E-state index in [4.69, 9.17) is 5.26 Å². The first-order valence-electron chi connectivity index (χ1n) is 6.42. The minimum Gasteiger partial charge on any atom is -0.326 e. The number of nitriles is 1. The summed E-state index contributed by atoms with van der Waals surface area (Å²) >= 11 is 1.46. The summed E-state index contributed by atoms with van der Waals surface area (Å²) in [6.07, 6.45) is 1.92. The maximum atomic E-state index is 9.02. The summed E-state index contributed by atoms with van der Waals surface area (Å²) in [7, 11) is 0. The van der Waals surface area contributed by atoms with E-state index in [1.54, 1.807) is 0 Å². The second-order valence-corrected chi connectivity index (χ2v) is 5.55. The number of hydrogen-bond acceptors (Lipinski definition) is 5. The van der Waals surface area contributed by atoms with Gasteiger partial charge in [-0.1, -0.05) is 35.5 Å². The molecular weight excluding hydrogens is 282 g/mol. The Morgan fingerprint density at radius 2 is 2.00 bits per heavy atom. The van der Waals surface area contributed by atoms with E-state index in [-0.39, 0.29) is 5.82 Å². The van der Waals surface area contributed by atoms with Crippen LogP contribution in [-0.2, 0) is 0 Å². The molecule has 2 aromatic heterocycles. The number of H-pyrrole nitrogens is 1. The smallest absolute Gasteiger partial charge is 0.212 e. The van der Waals surface area contributed by atoms with Crippen molar-refractivity contribution in [2.75, 3.05) is 6.26 Å². The van der Waals surface area contributed by atoms with Gasteiger partial charge in [0.25, 0.3) is 0 Å². The molecule has 1 N–H and O–H groups in total. The van der Waals surface area contributed by atoms with Crippen LogP contribution in [0.4, 0.5) is 0 Å². The molecule has 0 unspecified atom stereocenters. The second-order valence-electron chi connectivity index (χ2n) is 4.77. The van der Waals surface area contributed by atoms with Crippen LogP contribution in [0.1, 0.15) is 17.0 Å². The van der Waals surface area contributed by atoms with E-state index in [1.165, 1.54) is 17.3 Å². The summed E-state index contributed by atoms with van der Waals surface area (Å²) in [6, 6.07) is 8.23. The average Bonchev–Trinajstić information content (AvgIpc) is 2.89. The molecule has 0 aliphatic carbocycles. The number of imidazole rings is 1. The third kappa shape index (κ3) is 2.36. The molecule has 0 atom stereocenters. The fourth-order valence-corrected chi connectivity index (χ4v) is 2.66. The summed E-state index contributed by atoms with van der Waals surface area (Å²) < 4.78 is 0. The standard InChI is InChI=1S/C15H13N5S/c1-8-4-5-10(9(2)6-8)12-13-14(18-11(7-16)17-13)20-15(19-12)21-3/h4-6H,1-3H3,(H,17,18,19,20). The first-order chi connectivity index (χ1) is 10.1. The summed E-state index contributed by atoms with van der Waals surface area (Å²) in [5, 5.41) is 9.67. The number of benzene rings is 1. The number of aromatic amines is 1. The van der Waals surface area contributed by atoms with Crippen LogP contribution in [0, 0.1) is 25.2 Å². The monoisotopic (exact) mass is 295 g/mol. The molecule has 0 fully saturated rings. The van der Waals surface area contributed by atoms with Crippen molar-refractivity contribution >= 4 is 22.9 Å². The Kier molecular flexibility index (Phi) is 3.35. The van der Waals surface area contributed by atoms with E-state index in [0.717, 1.165) is 16.8 Å². The molecule has 2 heterocycles. The highest BCUT2D eigenvalue weighted by molar-refractivity contribution is 7.98. The van der Waals surface area contributed by atoms with Gasteiger partial charge >= 0.3 is 0 Å². The fraction of sp³-hybridized carbons (Fsp3) is 0.200. The van der Waals surface area contributed by atoms with Gasteiger partial charge in [0.15, 0.2) is 10.8 Å². The Labute approximate surface area is 126 Å². The van der Waals surface area contributed by atoms with Gasteiger partial charge in [-0.2, -0.15) is 10.2 Å². The van der Waals surface area contributed by atoms with Gasteiger partial charge in [0.2, 0.25) is 5.82 Å². The number of nitrogens with zero attached hydrogens (tertiary/aromatic N) is 4. The summed E-state index contributed by atoms with van der Waals surface area (Å²) in [5.41, 5.74) is 5.38. The number of fused-ring (bicyclic) bond motifs is 1. The van der Waals surface area contributed by atoms with Crippen LogP contribution in [-0.4, -0.2) is 26.2 Å². The Morgan fingerprint density at radius 1 is 1.19 bits per heavy atom. The number of thioether (sulfide) groups is 1. The van der Waals surface area contributed by atoms with E-state index < -0.39 is 0 Å². The van der Waals surface area contributed by atoms with Gasteiger partial charge in [0.1, 0.15) is 17.3 Å². The second kappa shape index (κ2) is 5.19. The first-order valence-corrected chi connectivity index (χ1v) is 7.64. The molecule has 6 heteroatoms. The van der Waals surface area contributed by atoms with Gasteiger partial charge < -0.3 is 4.98 Å². The van der Waals surface area contributed by atoms with E-state index >= 15 is 0 Å². The fourth-order valence-electron chi connectivity index (χ4n) is 2.30. The van der Waals surface area contributed by atoms with Crippen LogP contribution < -0.4 is 0 Å². The highest BCUT2D eigenvalue weighted by Crippen LogP contribution is 2.29. The molecule has 0 aliphatic rings. The lowest BCUT2D eigenvalue weighted by atomic mass is 10.0. The number of rotatable bonds is 2. The Hall–Kier alpha value is -2.39. The summed E-state index contributed by atoms with van der Waals surface area (Å²) in [5.74, 6) is 0.253. The molecule has 0 amide bonds. The lowest BCUT2D eigenvalue weighted by Crippen LogP contribution is -1.94. The average molecular weight is 295 g/mol. The molecule has 0 saturated carbocycles. The summed E-state index contributed by atoms with van der Waals surface area (Å²) in [6.45, 7) is 4.11. The third-order valence-electron chi connectivity index (χ3n) is 3.26. The Bertz CT molecular complexity index is 876. The maximum absolute atomic E-state index is 9.02. The van der Waals surface area contributed by atoms with Crippen molar-refractivity contribution in [2.24, 2.45) is 0 Å². The van der Waals surface area contributed by atoms with Crippen molar-refractivity contribution in [3.05, 3.63) is 35.2 Å². The van der Waals surface area contributed by atoms with Gasteiger partial charge in [-0.25, -0.2) is 9.97 Å². The van der Waals surface area contributed by atoms with E-state index in [2.05, 4.69) is 45.9 Å². The number of aryl methyl sites for hydroxylation is 2. The van der Waals surface area contributed by atoms with Crippen molar-refractivity contribution < 1.29 is 0 Å². The molecule has 0 spiro atoms. The van der Waals surface area contributed by atoms with Gasteiger partial charge in [-0.05, 0) is 25.7 Å². The van der Waals surface area contributed by atoms with Crippen LogP contribution in [0.3, 0.4) is 0 Å². The van der Waals surface area contributed by atoms with Crippen LogP contribution in [0.2, 0.25) is 0 Å². The molecular formula is C15H13N5S. The Balaban J connectivity index is 2.34. The predicted molar refractivity (Wildman–Crippen MR) is 83.1 cm³/mol. The van der Waals surface area contributed by atoms with Gasteiger partial charge in [-0.15, -0.1) is 0 Å². The number of nitrogens with one attached hydrogen (secondary N) is 1. The molecule has 5 nitrogen and oxygen atoms in total. The largest absolute Gasteiger partial charge is 0.326 e. The molecule has 3 rings (SSSR count). The SMILES string of the molecule is CSc1nc(-c2ccc(C)cc2C)c2[nH]c(C#N)nc2n1.